The van der Waals surface area contributed by atoms with Crippen LogP contribution in [0.3, 0.4) is 0 Å². The molecule has 0 bridgehead atoms. The van der Waals surface area contributed by atoms with Crippen LogP contribution in [0.25, 0.3) is 6.08 Å². The predicted molar refractivity (Wildman–Crippen MR) is 106 cm³/mol. The largest absolute Gasteiger partial charge is 0.548 e. The number of carbonyl (C=O) groups excluding carboxylic acids is 2. The molecule has 1 fully saturated rings. The van der Waals surface area contributed by atoms with E-state index in [9.17, 15) is 14.7 Å². The molecular weight excluding hydrogens is 394 g/mol. The zero-order valence-corrected chi connectivity index (χ0v) is 17.0. The van der Waals surface area contributed by atoms with Crippen LogP contribution in [0.5, 0.6) is 11.5 Å². The highest BCUT2D eigenvalue weighted by atomic mass is 32.2. The minimum atomic E-state index is -1.30. The van der Waals surface area contributed by atoms with Crippen LogP contribution in [0.4, 0.5) is 0 Å². The Bertz CT molecular complexity index is 750. The fraction of sp³-hybridized carbons (Fsp3) is 0.353. The standard InChI is InChI=1S/C17H19NO5S3/c1-22-12-5-4-10(8-13(12)23-2)9-14-15(19)18(17(24)26-14)11(16(20)21)6-7-25-3/h4-5,8-9,11H,6-7H2,1-3H3,(H,20,21)/p-1. The van der Waals surface area contributed by atoms with E-state index in [0.717, 1.165) is 22.2 Å². The molecule has 140 valence electrons. The van der Waals surface area contributed by atoms with Crippen LogP contribution < -0.4 is 14.6 Å². The number of amides is 1. The second-order valence-corrected chi connectivity index (χ2v) is 7.94. The number of carboxylic acids is 1. The van der Waals surface area contributed by atoms with Crippen LogP contribution in [0, 0.1) is 0 Å². The number of hydrogen-bond acceptors (Lipinski definition) is 8. The molecule has 1 aromatic carbocycles. The maximum Gasteiger partial charge on any atom is 0.266 e. The average molecular weight is 413 g/mol. The molecule has 0 spiro atoms. The number of carboxylic acid groups (broad SMARTS) is 1. The van der Waals surface area contributed by atoms with Gasteiger partial charge in [-0.2, -0.15) is 11.8 Å². The Morgan fingerprint density at radius 1 is 1.38 bits per heavy atom. The van der Waals surface area contributed by atoms with Crippen LogP contribution >= 0.6 is 35.7 Å². The summed E-state index contributed by atoms with van der Waals surface area (Å²) in [5.41, 5.74) is 0.720. The molecule has 2 rings (SSSR count). The fourth-order valence-electron chi connectivity index (χ4n) is 2.42. The van der Waals surface area contributed by atoms with Gasteiger partial charge in [0.25, 0.3) is 5.91 Å². The van der Waals surface area contributed by atoms with Crippen molar-refractivity contribution in [1.29, 1.82) is 0 Å². The molecule has 1 heterocycles. The summed E-state index contributed by atoms with van der Waals surface area (Å²) < 4.78 is 10.7. The lowest BCUT2D eigenvalue weighted by Crippen LogP contribution is -2.50. The van der Waals surface area contributed by atoms with Crippen molar-refractivity contribution in [1.82, 2.24) is 4.90 Å². The Hall–Kier alpha value is -1.71. The molecule has 0 aliphatic carbocycles. The molecule has 0 aromatic heterocycles. The second kappa shape index (κ2) is 9.29. The Morgan fingerprint density at radius 2 is 2.08 bits per heavy atom. The van der Waals surface area contributed by atoms with E-state index in [4.69, 9.17) is 21.7 Å². The Labute approximate surface area is 165 Å². The van der Waals surface area contributed by atoms with E-state index in [1.807, 2.05) is 6.26 Å². The fourth-order valence-corrected chi connectivity index (χ4v) is 4.24. The SMILES string of the molecule is COc1ccc(C=C2SC(=S)N(C(CCSC)C(=O)[O-])C2=O)cc1OC. The Kier molecular flexibility index (Phi) is 7.36. The summed E-state index contributed by atoms with van der Waals surface area (Å²) in [5, 5.41) is 11.5. The third-order valence-corrected chi connectivity index (χ3v) is 5.68. The molecule has 1 aromatic rings. The number of methoxy groups -OCH3 is 2. The van der Waals surface area contributed by atoms with Gasteiger partial charge in [-0.25, -0.2) is 0 Å². The second-order valence-electron chi connectivity index (χ2n) is 5.28. The Morgan fingerprint density at radius 3 is 2.65 bits per heavy atom. The molecule has 1 aliphatic rings. The first kappa shape index (κ1) is 20.6. The number of rotatable bonds is 8. The molecular formula is C17H18NO5S3-. The number of nitrogens with zero attached hydrogens (tertiary/aromatic N) is 1. The van der Waals surface area contributed by atoms with Crippen LogP contribution in [-0.2, 0) is 9.59 Å². The van der Waals surface area contributed by atoms with Gasteiger partial charge in [0.2, 0.25) is 0 Å². The van der Waals surface area contributed by atoms with Crippen LogP contribution in [0.2, 0.25) is 0 Å². The highest BCUT2D eigenvalue weighted by Crippen LogP contribution is 2.36. The van der Waals surface area contributed by atoms with Gasteiger partial charge in [-0.15, -0.1) is 0 Å². The minimum Gasteiger partial charge on any atom is -0.548 e. The number of benzene rings is 1. The number of aliphatic carboxylic acids is 1. The smallest absolute Gasteiger partial charge is 0.266 e. The molecule has 0 radical (unpaired) electrons. The van der Waals surface area contributed by atoms with E-state index in [1.165, 1.54) is 26.0 Å². The van der Waals surface area contributed by atoms with Gasteiger partial charge >= 0.3 is 0 Å². The number of carbonyl (C=O) groups is 2. The highest BCUT2D eigenvalue weighted by Gasteiger charge is 2.37. The monoisotopic (exact) mass is 412 g/mol. The quantitative estimate of drug-likeness (QED) is 0.472. The summed E-state index contributed by atoms with van der Waals surface area (Å²) in [7, 11) is 3.06. The number of thiocarbonyl (C=S) groups is 1. The molecule has 1 amide bonds. The van der Waals surface area contributed by atoms with Crippen LogP contribution in [0.1, 0.15) is 12.0 Å². The van der Waals surface area contributed by atoms with Crippen molar-refractivity contribution in [3.05, 3.63) is 28.7 Å². The summed E-state index contributed by atoms with van der Waals surface area (Å²) in [5.74, 6) is -0.0341. The molecule has 1 atom stereocenters. The third kappa shape index (κ3) is 4.52. The lowest BCUT2D eigenvalue weighted by atomic mass is 10.1. The van der Waals surface area contributed by atoms with Crippen molar-refractivity contribution in [2.75, 3.05) is 26.2 Å². The van der Waals surface area contributed by atoms with Gasteiger partial charge in [-0.3, -0.25) is 9.69 Å². The van der Waals surface area contributed by atoms with Gasteiger partial charge in [-0.1, -0.05) is 30.0 Å². The summed E-state index contributed by atoms with van der Waals surface area (Å²) in [6.07, 6.45) is 3.80. The van der Waals surface area contributed by atoms with Crippen molar-refractivity contribution in [2.45, 2.75) is 12.5 Å². The zero-order valence-electron chi connectivity index (χ0n) is 14.5. The third-order valence-electron chi connectivity index (χ3n) is 3.71. The molecule has 1 saturated heterocycles. The van der Waals surface area contributed by atoms with E-state index < -0.39 is 17.9 Å². The molecule has 6 nitrogen and oxygen atoms in total. The maximum atomic E-state index is 12.7. The first-order valence-corrected chi connectivity index (χ1v) is 10.2. The highest BCUT2D eigenvalue weighted by molar-refractivity contribution is 8.26. The van der Waals surface area contributed by atoms with Crippen molar-refractivity contribution < 1.29 is 24.2 Å². The van der Waals surface area contributed by atoms with Crippen molar-refractivity contribution in [3.63, 3.8) is 0 Å². The van der Waals surface area contributed by atoms with Gasteiger partial charge in [0.05, 0.1) is 31.1 Å². The van der Waals surface area contributed by atoms with Gasteiger partial charge < -0.3 is 19.4 Å². The summed E-state index contributed by atoms with van der Waals surface area (Å²) >= 11 is 7.81. The lowest BCUT2D eigenvalue weighted by Gasteiger charge is -2.27. The van der Waals surface area contributed by atoms with Crippen molar-refractivity contribution >= 4 is 58.0 Å². The van der Waals surface area contributed by atoms with E-state index in [-0.39, 0.29) is 10.7 Å². The van der Waals surface area contributed by atoms with Gasteiger partial charge in [0.1, 0.15) is 4.32 Å². The van der Waals surface area contributed by atoms with Crippen molar-refractivity contribution in [3.8, 4) is 11.5 Å². The molecule has 1 aliphatic heterocycles. The summed E-state index contributed by atoms with van der Waals surface area (Å²) in [4.78, 5) is 25.7. The predicted octanol–water partition coefficient (Wildman–Crippen LogP) is 1.78. The first-order chi connectivity index (χ1) is 12.4. The number of hydrogen-bond donors (Lipinski definition) is 0. The van der Waals surface area contributed by atoms with Crippen LogP contribution in [-0.4, -0.2) is 53.4 Å². The van der Waals surface area contributed by atoms with Gasteiger partial charge in [-0.05, 0) is 42.2 Å². The number of ether oxygens (including phenoxy) is 2. The van der Waals surface area contributed by atoms with E-state index in [0.29, 0.717) is 22.2 Å². The molecule has 0 saturated carbocycles. The van der Waals surface area contributed by atoms with E-state index >= 15 is 0 Å². The van der Waals surface area contributed by atoms with E-state index in [2.05, 4.69) is 0 Å². The minimum absolute atomic E-state index is 0.219. The van der Waals surface area contributed by atoms with Crippen LogP contribution in [0.15, 0.2) is 23.1 Å². The zero-order chi connectivity index (χ0) is 19.3. The average Bonchev–Trinajstić information content (AvgIpc) is 2.89. The van der Waals surface area contributed by atoms with Crippen molar-refractivity contribution in [2.24, 2.45) is 0 Å². The summed E-state index contributed by atoms with van der Waals surface area (Å²) in [6, 6.07) is 4.17. The summed E-state index contributed by atoms with van der Waals surface area (Å²) in [6.45, 7) is 0. The molecule has 0 N–H and O–H groups in total. The van der Waals surface area contributed by atoms with Gasteiger partial charge in [0.15, 0.2) is 11.5 Å². The maximum absolute atomic E-state index is 12.7. The van der Waals surface area contributed by atoms with Gasteiger partial charge in [0, 0.05) is 0 Å². The topological polar surface area (TPSA) is 78.9 Å². The van der Waals surface area contributed by atoms with E-state index in [1.54, 1.807) is 24.3 Å². The normalized spacial score (nSPS) is 16.9. The molecule has 26 heavy (non-hydrogen) atoms. The molecule has 9 heteroatoms. The molecule has 1 unspecified atom stereocenters. The first-order valence-electron chi connectivity index (χ1n) is 7.61. The number of thioether (sulfide) groups is 2. The lowest BCUT2D eigenvalue weighted by molar-refractivity contribution is -0.310. The Balaban J connectivity index is 2.29.